The van der Waals surface area contributed by atoms with E-state index in [9.17, 15) is 19.0 Å². The molecule has 0 amide bonds. The van der Waals surface area contributed by atoms with Gasteiger partial charge in [-0.15, -0.1) is 0 Å². The number of hydrogen-bond donors (Lipinski definition) is 2. The molecule has 0 radical (unpaired) electrons. The summed E-state index contributed by atoms with van der Waals surface area (Å²) in [6.07, 6.45) is 96.8. The Hall–Kier alpha value is -2.03. The molecule has 0 aliphatic rings. The van der Waals surface area contributed by atoms with Crippen LogP contribution in [0.15, 0.2) is 48.6 Å². The molecule has 9 nitrogen and oxygen atoms in total. The molecule has 0 fully saturated rings. The summed E-state index contributed by atoms with van der Waals surface area (Å²) < 4.78 is 33.3. The summed E-state index contributed by atoms with van der Waals surface area (Å²) in [7, 11) is -4.39. The monoisotopic (exact) mass is 1270 g/mol. The molecule has 524 valence electrons. The molecule has 2 unspecified atom stereocenters. The van der Waals surface area contributed by atoms with Gasteiger partial charge < -0.3 is 20.1 Å². The van der Waals surface area contributed by atoms with Crippen LogP contribution < -0.4 is 5.73 Å². The van der Waals surface area contributed by atoms with Gasteiger partial charge in [-0.05, 0) is 51.4 Å². The Morgan fingerprint density at radius 2 is 0.618 bits per heavy atom. The smallest absolute Gasteiger partial charge is 0.462 e. The van der Waals surface area contributed by atoms with E-state index < -0.39 is 26.5 Å². The standard InChI is InChI=1S/C79H150NO8P/c1-3-5-7-9-11-13-15-17-19-21-23-25-27-29-31-33-34-35-36-37-38-39-40-41-42-44-46-48-50-52-54-56-58-60-62-64-66-68-70-72-79(82)88-77(76-87-89(83,84)86-74-73-80)75-85-78(81)71-69-67-65-63-61-59-57-55-53-51-49-47-45-43-32-30-28-26-24-22-20-18-16-14-12-10-8-6-4-2/h5,7,11,13,17,19,23,25,77H,3-4,6,8-10,12,14-16,18,20-22,24,26-76,80H2,1-2H3,(H,83,84)/b7-5-,13-11-,19-17-,25-23-. The number of rotatable bonds is 75. The van der Waals surface area contributed by atoms with Gasteiger partial charge in [0.1, 0.15) is 6.61 Å². The fourth-order valence-electron chi connectivity index (χ4n) is 12.0. The van der Waals surface area contributed by atoms with Crippen molar-refractivity contribution in [1.29, 1.82) is 0 Å². The highest BCUT2D eigenvalue weighted by atomic mass is 31.2. The van der Waals surface area contributed by atoms with Crippen molar-refractivity contribution < 1.29 is 37.6 Å². The summed E-state index contributed by atoms with van der Waals surface area (Å²) in [5.41, 5.74) is 5.41. The average Bonchev–Trinajstić information content (AvgIpc) is 3.68. The lowest BCUT2D eigenvalue weighted by molar-refractivity contribution is -0.161. The lowest BCUT2D eigenvalue weighted by Gasteiger charge is -2.19. The van der Waals surface area contributed by atoms with E-state index in [0.29, 0.717) is 6.42 Å². The summed E-state index contributed by atoms with van der Waals surface area (Å²) in [5.74, 6) is -0.800. The normalized spacial score (nSPS) is 13.1. The molecule has 3 N–H and O–H groups in total. The number of ether oxygens (including phenoxy) is 2. The lowest BCUT2D eigenvalue weighted by atomic mass is 10.0. The van der Waals surface area contributed by atoms with E-state index in [-0.39, 0.29) is 38.6 Å². The molecule has 0 aliphatic heterocycles. The van der Waals surface area contributed by atoms with Crippen molar-refractivity contribution in [2.45, 2.75) is 418 Å². The maximum absolute atomic E-state index is 12.8. The Kier molecular flexibility index (Phi) is 73.3. The molecule has 0 bridgehead atoms. The van der Waals surface area contributed by atoms with E-state index in [2.05, 4.69) is 62.5 Å². The van der Waals surface area contributed by atoms with Crippen LogP contribution in [0.1, 0.15) is 412 Å². The van der Waals surface area contributed by atoms with E-state index >= 15 is 0 Å². The molecular weight excluding hydrogens is 1120 g/mol. The van der Waals surface area contributed by atoms with Crippen LogP contribution in [0.2, 0.25) is 0 Å². The minimum absolute atomic E-state index is 0.0568. The molecule has 0 saturated heterocycles. The molecule has 10 heteroatoms. The number of esters is 2. The number of phosphoric ester groups is 1. The van der Waals surface area contributed by atoms with Crippen LogP contribution in [-0.4, -0.2) is 49.3 Å². The third kappa shape index (κ3) is 74.9. The highest BCUT2D eigenvalue weighted by molar-refractivity contribution is 7.47. The SMILES string of the molecule is CC/C=C\C/C=C\C/C=C\C/C=C\CCCCCCCCCCCCCCCCCCCCCCCCCCCCC(=O)OC(COC(=O)CCCCCCCCCCCCCCCCCCCCCCCCCCCCCCC)COP(=O)(O)OCCN. The topological polar surface area (TPSA) is 134 Å². The molecule has 0 aromatic carbocycles. The maximum atomic E-state index is 12.8. The first-order valence-corrected chi connectivity index (χ1v) is 40.6. The van der Waals surface area contributed by atoms with Gasteiger partial charge in [-0.2, -0.15) is 0 Å². The van der Waals surface area contributed by atoms with Crippen molar-refractivity contribution in [2.75, 3.05) is 26.4 Å². The Morgan fingerprint density at radius 3 is 0.921 bits per heavy atom. The van der Waals surface area contributed by atoms with E-state index in [1.807, 2.05) is 0 Å². The highest BCUT2D eigenvalue weighted by Crippen LogP contribution is 2.43. The number of carbonyl (C=O) groups excluding carboxylic acids is 2. The highest BCUT2D eigenvalue weighted by Gasteiger charge is 2.26. The number of allylic oxidation sites excluding steroid dienone is 8. The minimum atomic E-state index is -4.39. The Labute approximate surface area is 553 Å². The largest absolute Gasteiger partial charge is 0.472 e. The number of unbranched alkanes of at least 4 members (excludes halogenated alkanes) is 54. The fourth-order valence-corrected chi connectivity index (χ4v) is 12.8. The zero-order valence-electron chi connectivity index (χ0n) is 59.2. The van der Waals surface area contributed by atoms with E-state index in [0.717, 1.165) is 57.8 Å². The van der Waals surface area contributed by atoms with Crippen molar-refractivity contribution in [3.8, 4) is 0 Å². The number of hydrogen-bond acceptors (Lipinski definition) is 8. The van der Waals surface area contributed by atoms with Gasteiger partial charge in [0.25, 0.3) is 0 Å². The molecule has 0 rings (SSSR count). The fraction of sp³-hybridized carbons (Fsp3) is 0.873. The van der Waals surface area contributed by atoms with Gasteiger partial charge >= 0.3 is 19.8 Å². The summed E-state index contributed by atoms with van der Waals surface area (Å²) in [6, 6.07) is 0. The van der Waals surface area contributed by atoms with E-state index in [1.165, 1.54) is 321 Å². The molecule has 89 heavy (non-hydrogen) atoms. The molecular formula is C79H150NO8P. The lowest BCUT2D eigenvalue weighted by Crippen LogP contribution is -2.29. The Morgan fingerprint density at radius 1 is 0.348 bits per heavy atom. The Balaban J connectivity index is 3.74. The number of phosphoric acid groups is 1. The van der Waals surface area contributed by atoms with Crippen molar-refractivity contribution in [1.82, 2.24) is 0 Å². The van der Waals surface area contributed by atoms with Crippen molar-refractivity contribution in [3.05, 3.63) is 48.6 Å². The van der Waals surface area contributed by atoms with Crippen LogP contribution >= 0.6 is 7.82 Å². The Bertz CT molecular complexity index is 1600. The van der Waals surface area contributed by atoms with Gasteiger partial charge in [-0.1, -0.05) is 396 Å². The third-order valence-corrected chi connectivity index (χ3v) is 18.7. The average molecular weight is 1270 g/mol. The van der Waals surface area contributed by atoms with Gasteiger partial charge in [0.15, 0.2) is 6.10 Å². The molecule has 0 heterocycles. The van der Waals surface area contributed by atoms with Crippen molar-refractivity contribution in [2.24, 2.45) is 5.73 Å². The first-order valence-electron chi connectivity index (χ1n) is 39.1. The zero-order chi connectivity index (χ0) is 64.4. The van der Waals surface area contributed by atoms with Gasteiger partial charge in [-0.25, -0.2) is 4.57 Å². The van der Waals surface area contributed by atoms with Gasteiger partial charge in [0.2, 0.25) is 0 Å². The molecule has 0 aromatic rings. The first kappa shape index (κ1) is 87.0. The predicted molar refractivity (Wildman–Crippen MR) is 386 cm³/mol. The van der Waals surface area contributed by atoms with Crippen LogP contribution in [0.4, 0.5) is 0 Å². The second-order valence-corrected chi connectivity index (χ2v) is 28.0. The van der Waals surface area contributed by atoms with Gasteiger partial charge in [-0.3, -0.25) is 18.6 Å². The summed E-state index contributed by atoms with van der Waals surface area (Å²) in [6.45, 7) is 3.72. The van der Waals surface area contributed by atoms with E-state index in [4.69, 9.17) is 24.3 Å². The maximum Gasteiger partial charge on any atom is 0.472 e. The van der Waals surface area contributed by atoms with E-state index in [1.54, 1.807) is 0 Å². The summed E-state index contributed by atoms with van der Waals surface area (Å²) in [5, 5.41) is 0. The van der Waals surface area contributed by atoms with Crippen LogP contribution in [0.25, 0.3) is 0 Å². The second kappa shape index (κ2) is 75.0. The van der Waals surface area contributed by atoms with Crippen LogP contribution in [0.5, 0.6) is 0 Å². The number of nitrogens with two attached hydrogens (primary N) is 1. The van der Waals surface area contributed by atoms with Gasteiger partial charge in [0.05, 0.1) is 13.2 Å². The molecule has 0 aromatic heterocycles. The van der Waals surface area contributed by atoms with Crippen LogP contribution in [0, 0.1) is 0 Å². The quantitative estimate of drug-likeness (QED) is 0.0264. The number of carbonyl (C=O) groups is 2. The molecule has 0 saturated carbocycles. The summed E-state index contributed by atoms with van der Waals surface area (Å²) in [4.78, 5) is 35.4. The van der Waals surface area contributed by atoms with Crippen molar-refractivity contribution >= 4 is 19.8 Å². The minimum Gasteiger partial charge on any atom is -0.462 e. The zero-order valence-corrected chi connectivity index (χ0v) is 60.1. The van der Waals surface area contributed by atoms with Gasteiger partial charge in [0, 0.05) is 19.4 Å². The van der Waals surface area contributed by atoms with Crippen LogP contribution in [-0.2, 0) is 32.7 Å². The second-order valence-electron chi connectivity index (χ2n) is 26.6. The predicted octanol–water partition coefficient (Wildman–Crippen LogP) is 26.0. The first-order chi connectivity index (χ1) is 43.8. The third-order valence-electron chi connectivity index (χ3n) is 17.7. The van der Waals surface area contributed by atoms with Crippen molar-refractivity contribution in [3.63, 3.8) is 0 Å². The summed E-state index contributed by atoms with van der Waals surface area (Å²) >= 11 is 0. The molecule has 2 atom stereocenters. The molecule has 0 spiro atoms. The van der Waals surface area contributed by atoms with Crippen LogP contribution in [0.3, 0.4) is 0 Å². The molecule has 0 aliphatic carbocycles.